The van der Waals surface area contributed by atoms with Crippen LogP contribution in [0.3, 0.4) is 0 Å². The Balaban J connectivity index is 1.50. The van der Waals surface area contributed by atoms with Crippen molar-refractivity contribution < 1.29 is 0 Å². The van der Waals surface area contributed by atoms with Gasteiger partial charge in [-0.3, -0.25) is 4.68 Å². The van der Waals surface area contributed by atoms with Gasteiger partial charge in [0.25, 0.3) is 5.78 Å². The Morgan fingerprint density at radius 2 is 1.66 bits per heavy atom. The maximum atomic E-state index is 6.52. The Bertz CT molecular complexity index is 1410. The van der Waals surface area contributed by atoms with Crippen LogP contribution in [0.5, 0.6) is 0 Å². The van der Waals surface area contributed by atoms with Crippen molar-refractivity contribution >= 4 is 5.78 Å². The summed E-state index contributed by atoms with van der Waals surface area (Å²) in [6, 6.07) is 18.8. The summed E-state index contributed by atoms with van der Waals surface area (Å²) in [5.74, 6) is 1.16. The fraction of sp³-hybridized carbons (Fsp3) is 0.200. The lowest BCUT2D eigenvalue weighted by Gasteiger charge is -2.38. The third-order valence-corrected chi connectivity index (χ3v) is 6.36. The minimum Gasteiger partial charge on any atom is -0.321 e. The van der Waals surface area contributed by atoms with Crippen LogP contribution < -0.4 is 5.73 Å². The zero-order chi connectivity index (χ0) is 21.7. The van der Waals surface area contributed by atoms with Crippen LogP contribution in [-0.4, -0.2) is 29.4 Å². The fourth-order valence-electron chi connectivity index (χ4n) is 4.34. The largest absolute Gasteiger partial charge is 0.321 e. The minimum atomic E-state index is -0.177. The van der Waals surface area contributed by atoms with Crippen molar-refractivity contribution in [3.8, 4) is 33.8 Å². The highest BCUT2D eigenvalue weighted by molar-refractivity contribution is 5.81. The van der Waals surface area contributed by atoms with E-state index in [0.29, 0.717) is 11.6 Å². The Labute approximate surface area is 185 Å². The van der Waals surface area contributed by atoms with E-state index in [-0.39, 0.29) is 5.54 Å². The Morgan fingerprint density at radius 1 is 0.875 bits per heavy atom. The molecule has 0 amide bonds. The monoisotopic (exact) mass is 421 g/mol. The summed E-state index contributed by atoms with van der Waals surface area (Å²) in [5, 5.41) is 8.89. The molecule has 0 atom stereocenters. The molecule has 1 aliphatic carbocycles. The third-order valence-electron chi connectivity index (χ3n) is 6.36. The summed E-state index contributed by atoms with van der Waals surface area (Å²) >= 11 is 0. The summed E-state index contributed by atoms with van der Waals surface area (Å²) in [7, 11) is 1.88. The van der Waals surface area contributed by atoms with Crippen molar-refractivity contribution in [3.05, 3.63) is 78.8 Å². The standard InChI is InChI=1S/C25H23N7/c1-31-15-19(14-27-31)23-29-24-28-22(18-8-10-20(11-9-18)25(26)12-5-13-25)21(16-32(24)30-23)17-6-3-2-4-7-17/h2-4,6-11,14-16H,5,12-13,26H2,1H3. The maximum absolute atomic E-state index is 6.52. The molecule has 1 fully saturated rings. The lowest BCUT2D eigenvalue weighted by Crippen LogP contribution is -2.43. The first-order valence-corrected chi connectivity index (χ1v) is 10.8. The van der Waals surface area contributed by atoms with Crippen LogP contribution in [0.2, 0.25) is 0 Å². The van der Waals surface area contributed by atoms with E-state index in [1.54, 1.807) is 15.4 Å². The number of hydrogen-bond donors (Lipinski definition) is 1. The number of benzene rings is 2. The predicted molar refractivity (Wildman–Crippen MR) is 124 cm³/mol. The Kier molecular flexibility index (Phi) is 4.19. The van der Waals surface area contributed by atoms with Gasteiger partial charge in [-0.2, -0.15) is 10.1 Å². The Morgan fingerprint density at radius 3 is 2.31 bits per heavy atom. The van der Waals surface area contributed by atoms with Crippen LogP contribution in [0.25, 0.3) is 39.5 Å². The Hall–Kier alpha value is -3.84. The normalized spacial score (nSPS) is 15.1. The molecule has 3 aromatic heterocycles. The molecule has 6 rings (SSSR count). The zero-order valence-electron chi connectivity index (χ0n) is 17.8. The van der Waals surface area contributed by atoms with Gasteiger partial charge in [0.1, 0.15) is 0 Å². The van der Waals surface area contributed by atoms with Gasteiger partial charge in [-0.05, 0) is 30.4 Å². The summed E-state index contributed by atoms with van der Waals surface area (Å²) in [6.07, 6.45) is 8.95. The molecule has 0 bridgehead atoms. The topological polar surface area (TPSA) is 86.9 Å². The lowest BCUT2D eigenvalue weighted by molar-refractivity contribution is 0.253. The second-order valence-corrected chi connectivity index (χ2v) is 8.54. The molecular formula is C25H23N7. The van der Waals surface area contributed by atoms with E-state index < -0.39 is 0 Å². The van der Waals surface area contributed by atoms with Crippen molar-refractivity contribution in [3.63, 3.8) is 0 Å². The molecule has 0 radical (unpaired) electrons. The molecule has 0 aliphatic heterocycles. The van der Waals surface area contributed by atoms with E-state index >= 15 is 0 Å². The van der Waals surface area contributed by atoms with E-state index in [1.165, 1.54) is 12.0 Å². The van der Waals surface area contributed by atoms with Crippen molar-refractivity contribution in [1.82, 2.24) is 29.4 Å². The molecule has 5 aromatic rings. The summed E-state index contributed by atoms with van der Waals surface area (Å²) < 4.78 is 3.48. The van der Waals surface area contributed by atoms with Crippen LogP contribution >= 0.6 is 0 Å². The lowest BCUT2D eigenvalue weighted by atomic mass is 9.72. The predicted octanol–water partition coefficient (Wildman–Crippen LogP) is 4.20. The highest BCUT2D eigenvalue weighted by Crippen LogP contribution is 2.39. The number of nitrogens with two attached hydrogens (primary N) is 1. The molecule has 0 saturated heterocycles. The van der Waals surface area contributed by atoms with Gasteiger partial charge in [-0.15, -0.1) is 5.10 Å². The molecule has 3 heterocycles. The number of fused-ring (bicyclic) bond motifs is 1. The van der Waals surface area contributed by atoms with E-state index in [1.807, 2.05) is 37.6 Å². The van der Waals surface area contributed by atoms with Crippen LogP contribution in [0.15, 0.2) is 73.2 Å². The van der Waals surface area contributed by atoms with Gasteiger partial charge in [0.2, 0.25) is 0 Å². The SMILES string of the molecule is Cn1cc(-c2nc3nc(-c4ccc(C5(N)CCC5)cc4)c(-c4ccccc4)cn3n2)cn1. The van der Waals surface area contributed by atoms with E-state index in [4.69, 9.17) is 10.7 Å². The van der Waals surface area contributed by atoms with Gasteiger partial charge < -0.3 is 5.73 Å². The summed E-state index contributed by atoms with van der Waals surface area (Å²) in [4.78, 5) is 9.60. The maximum Gasteiger partial charge on any atom is 0.253 e. The van der Waals surface area contributed by atoms with Crippen LogP contribution in [0.1, 0.15) is 24.8 Å². The number of nitrogens with zero attached hydrogens (tertiary/aromatic N) is 6. The molecule has 7 heteroatoms. The minimum absolute atomic E-state index is 0.177. The highest BCUT2D eigenvalue weighted by Gasteiger charge is 2.34. The van der Waals surface area contributed by atoms with Crippen molar-refractivity contribution in [1.29, 1.82) is 0 Å². The molecule has 158 valence electrons. The summed E-state index contributed by atoms with van der Waals surface area (Å²) in [5.41, 5.74) is 12.4. The second-order valence-electron chi connectivity index (χ2n) is 8.54. The number of aryl methyl sites for hydroxylation is 1. The molecule has 1 saturated carbocycles. The fourth-order valence-corrected chi connectivity index (χ4v) is 4.34. The molecule has 32 heavy (non-hydrogen) atoms. The van der Waals surface area contributed by atoms with Gasteiger partial charge in [-0.25, -0.2) is 9.50 Å². The van der Waals surface area contributed by atoms with E-state index in [2.05, 4.69) is 51.6 Å². The number of hydrogen-bond acceptors (Lipinski definition) is 5. The van der Waals surface area contributed by atoms with E-state index in [9.17, 15) is 0 Å². The molecular weight excluding hydrogens is 398 g/mol. The molecule has 0 unspecified atom stereocenters. The van der Waals surface area contributed by atoms with Crippen molar-refractivity contribution in [2.45, 2.75) is 24.8 Å². The van der Waals surface area contributed by atoms with Crippen molar-refractivity contribution in [2.75, 3.05) is 0 Å². The smallest absolute Gasteiger partial charge is 0.253 e. The van der Waals surface area contributed by atoms with Gasteiger partial charge in [0.15, 0.2) is 5.82 Å². The highest BCUT2D eigenvalue weighted by atomic mass is 15.3. The van der Waals surface area contributed by atoms with Crippen LogP contribution in [-0.2, 0) is 12.6 Å². The molecule has 7 nitrogen and oxygen atoms in total. The first-order chi connectivity index (χ1) is 15.6. The first-order valence-electron chi connectivity index (χ1n) is 10.8. The van der Waals surface area contributed by atoms with Gasteiger partial charge in [-0.1, -0.05) is 54.6 Å². The molecule has 1 aliphatic rings. The average molecular weight is 422 g/mol. The number of aromatic nitrogens is 6. The first kappa shape index (κ1) is 18.9. The molecule has 0 spiro atoms. The molecule has 2 N–H and O–H groups in total. The molecule has 2 aromatic carbocycles. The summed E-state index contributed by atoms with van der Waals surface area (Å²) in [6.45, 7) is 0. The zero-order valence-corrected chi connectivity index (χ0v) is 17.8. The van der Waals surface area contributed by atoms with Gasteiger partial charge >= 0.3 is 0 Å². The second kappa shape index (κ2) is 7.10. The quantitative estimate of drug-likeness (QED) is 0.470. The van der Waals surface area contributed by atoms with Crippen LogP contribution in [0, 0.1) is 0 Å². The average Bonchev–Trinajstić information content (AvgIpc) is 3.43. The van der Waals surface area contributed by atoms with Crippen LogP contribution in [0.4, 0.5) is 0 Å². The third kappa shape index (κ3) is 3.09. The van der Waals surface area contributed by atoms with Gasteiger partial charge in [0, 0.05) is 36.1 Å². The van der Waals surface area contributed by atoms with E-state index in [0.717, 1.165) is 40.8 Å². The van der Waals surface area contributed by atoms with Gasteiger partial charge in [0.05, 0.1) is 17.5 Å². The van der Waals surface area contributed by atoms with Crippen molar-refractivity contribution in [2.24, 2.45) is 12.8 Å². The number of rotatable bonds is 4.